The number of carbonyl (C=O) groups excluding carboxylic acids is 1. The monoisotopic (exact) mass is 191 g/mol. The molecule has 1 aliphatic heterocycles. The average molecular weight is 191 g/mol. The van der Waals surface area contributed by atoms with E-state index in [2.05, 4.69) is 0 Å². The summed E-state index contributed by atoms with van der Waals surface area (Å²) in [7, 11) is 1.89. The summed E-state index contributed by atoms with van der Waals surface area (Å²) in [6, 6.07) is 5.28. The predicted molar refractivity (Wildman–Crippen MR) is 53.1 cm³/mol. The molecule has 0 spiro atoms. The lowest BCUT2D eigenvalue weighted by Gasteiger charge is -2.18. The van der Waals surface area contributed by atoms with Crippen molar-refractivity contribution in [2.75, 3.05) is 7.05 Å². The number of hydrogen-bond acceptors (Lipinski definition) is 3. The number of rotatable bonds is 1. The van der Waals surface area contributed by atoms with Gasteiger partial charge in [0.05, 0.1) is 6.04 Å². The van der Waals surface area contributed by atoms with Gasteiger partial charge in [0.15, 0.2) is 0 Å². The molecule has 0 saturated heterocycles. The molecular formula is C11H13NO2. The van der Waals surface area contributed by atoms with Crippen molar-refractivity contribution in [3.8, 4) is 5.75 Å². The molecule has 1 aromatic carbocycles. The molecule has 74 valence electrons. The van der Waals surface area contributed by atoms with Crippen molar-refractivity contribution < 1.29 is 9.90 Å². The highest BCUT2D eigenvalue weighted by atomic mass is 16.3. The number of fused-ring (bicyclic) bond motifs is 1. The molecule has 1 aromatic rings. The second-order valence-electron chi connectivity index (χ2n) is 3.70. The van der Waals surface area contributed by atoms with Crippen LogP contribution in [0.4, 0.5) is 0 Å². The molecule has 14 heavy (non-hydrogen) atoms. The Hall–Kier alpha value is -1.35. The third-order valence-corrected chi connectivity index (χ3v) is 3.04. The Bertz CT molecular complexity index is 376. The SMILES string of the molecule is CC1c2cccc(O)c2C(C=O)N1C. The summed E-state index contributed by atoms with van der Waals surface area (Å²) >= 11 is 0. The van der Waals surface area contributed by atoms with E-state index < -0.39 is 0 Å². The molecule has 0 fully saturated rings. The number of benzene rings is 1. The fourth-order valence-electron chi connectivity index (χ4n) is 2.08. The average Bonchev–Trinajstić information content (AvgIpc) is 2.43. The van der Waals surface area contributed by atoms with E-state index in [1.807, 2.05) is 31.0 Å². The van der Waals surface area contributed by atoms with Crippen LogP contribution in [0.15, 0.2) is 18.2 Å². The van der Waals surface area contributed by atoms with Gasteiger partial charge in [-0.15, -0.1) is 0 Å². The zero-order valence-corrected chi connectivity index (χ0v) is 8.27. The summed E-state index contributed by atoms with van der Waals surface area (Å²) in [4.78, 5) is 12.9. The first kappa shape index (κ1) is 9.21. The molecule has 0 radical (unpaired) electrons. The minimum Gasteiger partial charge on any atom is -0.508 e. The van der Waals surface area contributed by atoms with E-state index in [0.717, 1.165) is 17.4 Å². The summed E-state index contributed by atoms with van der Waals surface area (Å²) in [6.45, 7) is 2.03. The largest absolute Gasteiger partial charge is 0.508 e. The first-order chi connectivity index (χ1) is 6.66. The quantitative estimate of drug-likeness (QED) is 0.686. The lowest BCUT2D eigenvalue weighted by Crippen LogP contribution is -2.20. The van der Waals surface area contributed by atoms with Crippen molar-refractivity contribution in [2.45, 2.75) is 19.0 Å². The third-order valence-electron chi connectivity index (χ3n) is 3.04. The van der Waals surface area contributed by atoms with Crippen molar-refractivity contribution in [1.82, 2.24) is 4.90 Å². The van der Waals surface area contributed by atoms with Crippen LogP contribution in [0.2, 0.25) is 0 Å². The molecule has 1 aliphatic rings. The predicted octanol–water partition coefficient (Wildman–Crippen LogP) is 1.64. The van der Waals surface area contributed by atoms with Crippen LogP contribution in [0.5, 0.6) is 5.75 Å². The molecule has 0 aliphatic carbocycles. The Labute approximate surface area is 83.0 Å². The summed E-state index contributed by atoms with van der Waals surface area (Å²) in [6.07, 6.45) is 0.877. The maximum atomic E-state index is 10.9. The summed E-state index contributed by atoms with van der Waals surface area (Å²) < 4.78 is 0. The van der Waals surface area contributed by atoms with Gasteiger partial charge in [0.2, 0.25) is 0 Å². The van der Waals surface area contributed by atoms with E-state index in [-0.39, 0.29) is 17.8 Å². The molecule has 1 N–H and O–H groups in total. The van der Waals surface area contributed by atoms with Gasteiger partial charge >= 0.3 is 0 Å². The van der Waals surface area contributed by atoms with E-state index in [4.69, 9.17) is 0 Å². The number of hydrogen-bond donors (Lipinski definition) is 1. The number of carbonyl (C=O) groups is 1. The topological polar surface area (TPSA) is 40.5 Å². The molecule has 3 nitrogen and oxygen atoms in total. The zero-order valence-electron chi connectivity index (χ0n) is 8.27. The fourth-order valence-corrected chi connectivity index (χ4v) is 2.08. The Morgan fingerprint density at radius 1 is 1.50 bits per heavy atom. The van der Waals surface area contributed by atoms with Crippen molar-refractivity contribution in [3.63, 3.8) is 0 Å². The summed E-state index contributed by atoms with van der Waals surface area (Å²) in [5, 5.41) is 9.68. The Morgan fingerprint density at radius 2 is 2.21 bits per heavy atom. The second-order valence-corrected chi connectivity index (χ2v) is 3.70. The second kappa shape index (κ2) is 3.10. The first-order valence-electron chi connectivity index (χ1n) is 4.65. The molecule has 1 heterocycles. The van der Waals surface area contributed by atoms with Crippen LogP contribution in [-0.2, 0) is 4.79 Å². The van der Waals surface area contributed by atoms with E-state index >= 15 is 0 Å². The Kier molecular flexibility index (Phi) is 2.04. The van der Waals surface area contributed by atoms with Gasteiger partial charge in [0.1, 0.15) is 12.0 Å². The molecular weight excluding hydrogens is 178 g/mol. The highest BCUT2D eigenvalue weighted by molar-refractivity contribution is 5.67. The van der Waals surface area contributed by atoms with Gasteiger partial charge in [0.25, 0.3) is 0 Å². The number of phenols is 1. The van der Waals surface area contributed by atoms with Crippen LogP contribution in [0.25, 0.3) is 0 Å². The number of aromatic hydroxyl groups is 1. The van der Waals surface area contributed by atoms with Gasteiger partial charge < -0.3 is 9.90 Å². The summed E-state index contributed by atoms with van der Waals surface area (Å²) in [5.74, 6) is 0.218. The van der Waals surface area contributed by atoms with Gasteiger partial charge in [-0.1, -0.05) is 12.1 Å². The van der Waals surface area contributed by atoms with Crippen LogP contribution in [0, 0.1) is 0 Å². The molecule has 0 saturated carbocycles. The maximum Gasteiger partial charge on any atom is 0.141 e. The van der Waals surface area contributed by atoms with Gasteiger partial charge in [-0.2, -0.15) is 0 Å². The highest BCUT2D eigenvalue weighted by Crippen LogP contribution is 2.43. The van der Waals surface area contributed by atoms with Crippen molar-refractivity contribution in [3.05, 3.63) is 29.3 Å². The van der Waals surface area contributed by atoms with Crippen LogP contribution >= 0.6 is 0 Å². The zero-order chi connectivity index (χ0) is 10.3. The number of aldehydes is 1. The fraction of sp³-hybridized carbons (Fsp3) is 0.364. The molecule has 2 rings (SSSR count). The standard InChI is InChI=1S/C11H13NO2/c1-7-8-4-3-5-10(14)11(8)9(6-13)12(7)2/h3-7,9,14H,1-2H3. The molecule has 3 heteroatoms. The maximum absolute atomic E-state index is 10.9. The Balaban J connectivity index is 2.61. The van der Waals surface area contributed by atoms with Crippen LogP contribution in [-0.4, -0.2) is 23.3 Å². The van der Waals surface area contributed by atoms with Crippen LogP contribution < -0.4 is 0 Å². The van der Waals surface area contributed by atoms with E-state index in [1.165, 1.54) is 0 Å². The normalized spacial score (nSPS) is 26.1. The van der Waals surface area contributed by atoms with Crippen molar-refractivity contribution in [2.24, 2.45) is 0 Å². The van der Waals surface area contributed by atoms with Gasteiger partial charge in [-0.05, 0) is 25.6 Å². The number of likely N-dealkylation sites (N-methyl/N-ethyl adjacent to an activating group) is 1. The lowest BCUT2D eigenvalue weighted by atomic mass is 10.0. The molecule has 2 atom stereocenters. The minimum atomic E-state index is -0.304. The van der Waals surface area contributed by atoms with Gasteiger partial charge in [-0.25, -0.2) is 0 Å². The van der Waals surface area contributed by atoms with E-state index in [0.29, 0.717) is 0 Å². The van der Waals surface area contributed by atoms with Crippen LogP contribution in [0.1, 0.15) is 30.1 Å². The van der Waals surface area contributed by atoms with Crippen molar-refractivity contribution in [1.29, 1.82) is 0 Å². The lowest BCUT2D eigenvalue weighted by molar-refractivity contribution is -0.112. The molecule has 0 aromatic heterocycles. The number of phenolic OH excluding ortho intramolecular Hbond substituents is 1. The highest BCUT2D eigenvalue weighted by Gasteiger charge is 2.34. The van der Waals surface area contributed by atoms with Gasteiger partial charge in [0, 0.05) is 11.6 Å². The summed E-state index contributed by atoms with van der Waals surface area (Å²) in [5.41, 5.74) is 1.81. The third kappa shape index (κ3) is 1.06. The minimum absolute atomic E-state index is 0.187. The Morgan fingerprint density at radius 3 is 2.86 bits per heavy atom. The molecule has 0 amide bonds. The van der Waals surface area contributed by atoms with E-state index in [9.17, 15) is 9.90 Å². The molecule has 2 unspecified atom stereocenters. The van der Waals surface area contributed by atoms with Gasteiger partial charge in [-0.3, -0.25) is 4.90 Å². The van der Waals surface area contributed by atoms with Crippen molar-refractivity contribution >= 4 is 6.29 Å². The first-order valence-corrected chi connectivity index (χ1v) is 4.65. The van der Waals surface area contributed by atoms with E-state index in [1.54, 1.807) is 6.07 Å². The smallest absolute Gasteiger partial charge is 0.141 e. The number of nitrogens with zero attached hydrogens (tertiary/aromatic N) is 1. The van der Waals surface area contributed by atoms with Crippen LogP contribution in [0.3, 0.4) is 0 Å². The molecule has 0 bridgehead atoms.